The number of rotatable bonds is 9. The molecule has 6 rings (SSSR count). The number of anilines is 1. The Bertz CT molecular complexity index is 1300. The van der Waals surface area contributed by atoms with Crippen LogP contribution in [-0.2, 0) is 16.1 Å². The van der Waals surface area contributed by atoms with Crippen molar-refractivity contribution in [1.29, 1.82) is 0 Å². The van der Waals surface area contributed by atoms with Crippen molar-refractivity contribution in [2.45, 2.75) is 64.2 Å². The topological polar surface area (TPSA) is 64.8 Å². The largest absolute Gasteiger partial charge is 0.462 e. The third-order valence-corrected chi connectivity index (χ3v) is 8.50. The van der Waals surface area contributed by atoms with Crippen molar-refractivity contribution >= 4 is 34.9 Å². The highest BCUT2D eigenvalue weighted by Crippen LogP contribution is 2.47. The summed E-state index contributed by atoms with van der Waals surface area (Å²) in [6.45, 7) is 5.87. The van der Waals surface area contributed by atoms with Gasteiger partial charge in [0.1, 0.15) is 11.5 Å². The van der Waals surface area contributed by atoms with E-state index in [1.807, 2.05) is 56.3 Å². The van der Waals surface area contributed by atoms with Crippen molar-refractivity contribution in [2.24, 2.45) is 11.8 Å². The van der Waals surface area contributed by atoms with Gasteiger partial charge in [0.05, 0.1) is 34.9 Å². The fourth-order valence-corrected chi connectivity index (χ4v) is 6.36. The van der Waals surface area contributed by atoms with Gasteiger partial charge in [-0.3, -0.25) is 0 Å². The standard InChI is InChI=1S/C30H32Cl2N2O4/c1-17(2)15-37-30(35)19-8-10-21(11-9-19)34-14-20-12-22(34)13-26(20)36-16-23-28(33-38-29(23)18-6-7-18)27-24(31)4-3-5-25(27)32/h3-5,8-11,17-18,20,22,26H,6-7,12-16H2,1-2H3/t20-,22-,26+/m0/s1. The molecule has 2 aromatic carbocycles. The summed E-state index contributed by atoms with van der Waals surface area (Å²) in [5.41, 5.74) is 4.11. The number of nitrogens with zero attached hydrogens (tertiary/aromatic N) is 2. The van der Waals surface area contributed by atoms with E-state index < -0.39 is 0 Å². The predicted octanol–water partition coefficient (Wildman–Crippen LogP) is 7.52. The Labute approximate surface area is 233 Å². The van der Waals surface area contributed by atoms with E-state index in [2.05, 4.69) is 10.1 Å². The molecule has 0 N–H and O–H groups in total. The molecule has 2 saturated carbocycles. The third kappa shape index (κ3) is 5.06. The number of piperidine rings is 1. The molecule has 3 aliphatic rings. The molecule has 200 valence electrons. The van der Waals surface area contributed by atoms with Gasteiger partial charge in [0.2, 0.25) is 0 Å². The molecule has 1 saturated heterocycles. The second kappa shape index (κ2) is 10.6. The molecule has 0 amide bonds. The van der Waals surface area contributed by atoms with Crippen molar-refractivity contribution in [3.8, 4) is 11.3 Å². The first-order valence-electron chi connectivity index (χ1n) is 13.5. The molecule has 0 spiro atoms. The fourth-order valence-electron chi connectivity index (χ4n) is 5.78. The second-order valence-electron chi connectivity index (χ2n) is 11.2. The maximum atomic E-state index is 12.3. The minimum Gasteiger partial charge on any atom is -0.462 e. The summed E-state index contributed by atoms with van der Waals surface area (Å²) in [6.07, 6.45) is 4.46. The number of fused-ring (bicyclic) bond motifs is 2. The van der Waals surface area contributed by atoms with Crippen LogP contribution < -0.4 is 4.90 Å². The molecule has 6 nitrogen and oxygen atoms in total. The molecule has 38 heavy (non-hydrogen) atoms. The van der Waals surface area contributed by atoms with Gasteiger partial charge in [-0.2, -0.15) is 0 Å². The zero-order valence-electron chi connectivity index (χ0n) is 21.7. The molecule has 0 radical (unpaired) electrons. The van der Waals surface area contributed by atoms with Crippen LogP contribution in [0.15, 0.2) is 47.0 Å². The summed E-state index contributed by atoms with van der Waals surface area (Å²) in [4.78, 5) is 14.7. The highest BCUT2D eigenvalue weighted by atomic mass is 35.5. The average Bonchev–Trinajstić information content (AvgIpc) is 3.35. The molecule has 2 bridgehead atoms. The molecule has 1 aliphatic heterocycles. The van der Waals surface area contributed by atoms with Crippen molar-refractivity contribution in [3.63, 3.8) is 0 Å². The monoisotopic (exact) mass is 554 g/mol. The third-order valence-electron chi connectivity index (χ3n) is 7.87. The van der Waals surface area contributed by atoms with E-state index >= 15 is 0 Å². The lowest BCUT2D eigenvalue weighted by atomic mass is 10.0. The van der Waals surface area contributed by atoms with Gasteiger partial charge in [-0.25, -0.2) is 4.79 Å². The van der Waals surface area contributed by atoms with Gasteiger partial charge < -0.3 is 18.9 Å². The van der Waals surface area contributed by atoms with Crippen LogP contribution in [0.3, 0.4) is 0 Å². The lowest BCUT2D eigenvalue weighted by Gasteiger charge is -2.33. The normalized spacial score (nSPS) is 22.4. The number of ether oxygens (including phenoxy) is 2. The molecule has 3 fully saturated rings. The summed E-state index contributed by atoms with van der Waals surface area (Å²) in [5, 5.41) is 5.51. The van der Waals surface area contributed by atoms with Gasteiger partial charge in [-0.1, -0.05) is 48.3 Å². The van der Waals surface area contributed by atoms with Gasteiger partial charge in [-0.15, -0.1) is 0 Å². The van der Waals surface area contributed by atoms with Crippen LogP contribution in [0.25, 0.3) is 11.3 Å². The number of esters is 1. The van der Waals surface area contributed by atoms with Gasteiger partial charge in [-0.05, 0) is 68.0 Å². The highest BCUT2D eigenvalue weighted by molar-refractivity contribution is 6.39. The van der Waals surface area contributed by atoms with Crippen molar-refractivity contribution in [3.05, 3.63) is 69.4 Å². The Hall–Kier alpha value is -2.54. The maximum absolute atomic E-state index is 12.3. The van der Waals surface area contributed by atoms with E-state index in [9.17, 15) is 4.79 Å². The molecule has 2 heterocycles. The molecule has 0 unspecified atom stereocenters. The van der Waals surface area contributed by atoms with Gasteiger partial charge in [0.15, 0.2) is 0 Å². The zero-order valence-corrected chi connectivity index (χ0v) is 23.2. The average molecular weight is 556 g/mol. The summed E-state index contributed by atoms with van der Waals surface area (Å²) in [6, 6.07) is 13.7. The molecule has 1 aromatic heterocycles. The highest BCUT2D eigenvalue weighted by Gasteiger charge is 2.45. The van der Waals surface area contributed by atoms with Crippen molar-refractivity contribution in [1.82, 2.24) is 5.16 Å². The van der Waals surface area contributed by atoms with Gasteiger partial charge in [0.25, 0.3) is 0 Å². The van der Waals surface area contributed by atoms with Gasteiger partial charge >= 0.3 is 5.97 Å². The molecule has 3 aromatic rings. The van der Waals surface area contributed by atoms with Crippen molar-refractivity contribution < 1.29 is 18.8 Å². The first-order valence-corrected chi connectivity index (χ1v) is 14.2. The van der Waals surface area contributed by atoms with E-state index in [-0.39, 0.29) is 12.1 Å². The number of benzene rings is 2. The molecule has 8 heteroatoms. The summed E-state index contributed by atoms with van der Waals surface area (Å²) < 4.78 is 17.7. The SMILES string of the molecule is CC(C)COC(=O)c1ccc(N2C[C@@H]3C[C@H]2C[C@H]3OCc2c(-c3c(Cl)cccc3Cl)noc2C2CC2)cc1. The fraction of sp³-hybridized carbons (Fsp3) is 0.467. The summed E-state index contributed by atoms with van der Waals surface area (Å²) in [7, 11) is 0. The van der Waals surface area contributed by atoms with Crippen LogP contribution in [0.4, 0.5) is 5.69 Å². The van der Waals surface area contributed by atoms with Crippen molar-refractivity contribution in [2.75, 3.05) is 18.1 Å². The first kappa shape index (κ1) is 25.7. The number of carbonyl (C=O) groups is 1. The second-order valence-corrected chi connectivity index (χ2v) is 12.0. The zero-order chi connectivity index (χ0) is 26.4. The van der Waals surface area contributed by atoms with E-state index in [1.54, 1.807) is 0 Å². The molecular weight excluding hydrogens is 523 g/mol. The number of aromatic nitrogens is 1. The van der Waals surface area contributed by atoms with E-state index in [0.29, 0.717) is 63.9 Å². The minimum atomic E-state index is -0.265. The maximum Gasteiger partial charge on any atom is 0.338 e. The number of hydrogen-bond donors (Lipinski definition) is 0. The van der Waals surface area contributed by atoms with E-state index in [0.717, 1.165) is 49.2 Å². The van der Waals surface area contributed by atoms with Crippen LogP contribution in [0, 0.1) is 11.8 Å². The number of hydrogen-bond acceptors (Lipinski definition) is 6. The minimum absolute atomic E-state index is 0.179. The Morgan fingerprint density at radius 2 is 1.84 bits per heavy atom. The van der Waals surface area contributed by atoms with Crippen LogP contribution in [-0.4, -0.2) is 36.4 Å². The van der Waals surface area contributed by atoms with E-state index in [4.69, 9.17) is 37.2 Å². The van der Waals surface area contributed by atoms with Crippen LogP contribution >= 0.6 is 23.2 Å². The molecule has 3 atom stereocenters. The quantitative estimate of drug-likeness (QED) is 0.255. The lowest BCUT2D eigenvalue weighted by molar-refractivity contribution is 0.0122. The Morgan fingerprint density at radius 1 is 1.11 bits per heavy atom. The number of carbonyl (C=O) groups excluding carboxylic acids is 1. The Balaban J connectivity index is 1.11. The Morgan fingerprint density at radius 3 is 2.47 bits per heavy atom. The Kier molecular flexibility index (Phi) is 7.14. The smallest absolute Gasteiger partial charge is 0.338 e. The van der Waals surface area contributed by atoms with Crippen LogP contribution in [0.2, 0.25) is 10.0 Å². The summed E-state index contributed by atoms with van der Waals surface area (Å²) in [5.74, 6) is 1.81. The van der Waals surface area contributed by atoms with Crippen LogP contribution in [0.1, 0.15) is 67.1 Å². The molecular formula is C30H32Cl2N2O4. The van der Waals surface area contributed by atoms with Gasteiger partial charge in [0, 0.05) is 41.2 Å². The van der Waals surface area contributed by atoms with E-state index in [1.165, 1.54) is 0 Å². The number of halogens is 2. The first-order chi connectivity index (χ1) is 18.4. The summed E-state index contributed by atoms with van der Waals surface area (Å²) >= 11 is 13.0. The predicted molar refractivity (Wildman–Crippen MR) is 148 cm³/mol. The van der Waals surface area contributed by atoms with Crippen LogP contribution in [0.5, 0.6) is 0 Å². The lowest BCUT2D eigenvalue weighted by Crippen LogP contribution is -2.38. The molecule has 2 aliphatic carbocycles.